The third-order valence-corrected chi connectivity index (χ3v) is 9.94. The Morgan fingerprint density at radius 3 is 2.42 bits per heavy atom. The average Bonchev–Trinajstić information content (AvgIpc) is 2.96. The number of fused-ring (bicyclic) bond motifs is 1. The molecule has 1 saturated heterocycles. The molecule has 0 bridgehead atoms. The molecule has 10 heteroatoms. The highest BCUT2D eigenvalue weighted by Gasteiger charge is 2.33. The number of amides is 2. The Morgan fingerprint density at radius 2 is 1.70 bits per heavy atom. The number of piperidine rings is 1. The number of carbonyl (C=O) groups excluding carboxylic acids is 1. The van der Waals surface area contributed by atoms with E-state index in [9.17, 15) is 13.2 Å². The lowest BCUT2D eigenvalue weighted by molar-refractivity contribution is 0.195. The number of anilines is 1. The molecule has 1 N–H and O–H groups in total. The van der Waals surface area contributed by atoms with Crippen LogP contribution in [0.15, 0.2) is 83.8 Å². The molecule has 1 fully saturated rings. The van der Waals surface area contributed by atoms with Crippen molar-refractivity contribution in [3.63, 3.8) is 0 Å². The molecule has 5 rings (SSSR count). The molecule has 0 radical (unpaired) electrons. The highest BCUT2D eigenvalue weighted by Crippen LogP contribution is 2.31. The number of nitrogens with zero attached hydrogens (tertiary/aromatic N) is 3. The Balaban J connectivity index is 0.00000370. The maximum absolute atomic E-state index is 13.2. The van der Waals surface area contributed by atoms with E-state index >= 15 is 0 Å². The Bertz CT molecular complexity index is 1400. The van der Waals surface area contributed by atoms with Crippen LogP contribution in [0.1, 0.15) is 36.3 Å². The smallest absolute Gasteiger partial charge is 0.322 e. The number of likely N-dealkylation sites (N-methyl/N-ethyl adjacent to an activating group) is 1. The first kappa shape index (κ1) is 30.3. The summed E-state index contributed by atoms with van der Waals surface area (Å²) in [4.78, 5) is 17.4. The monoisotopic (exact) mass is 602 g/mol. The number of hydrogen-bond acceptors (Lipinski definition) is 4. The van der Waals surface area contributed by atoms with E-state index in [1.54, 1.807) is 31.3 Å². The number of urea groups is 1. The Hall–Kier alpha value is -2.62. The summed E-state index contributed by atoms with van der Waals surface area (Å²) in [6.07, 6.45) is 2.59. The van der Waals surface area contributed by atoms with E-state index in [1.807, 2.05) is 53.4 Å². The van der Waals surface area contributed by atoms with Crippen LogP contribution < -0.4 is 10.2 Å². The summed E-state index contributed by atoms with van der Waals surface area (Å²) >= 11 is 6.32. The zero-order chi connectivity index (χ0) is 27.4. The average molecular weight is 604 g/mol. The quantitative estimate of drug-likeness (QED) is 0.338. The maximum Gasteiger partial charge on any atom is 0.322 e. The van der Waals surface area contributed by atoms with Crippen molar-refractivity contribution in [3.8, 4) is 0 Å². The summed E-state index contributed by atoms with van der Waals surface area (Å²) in [7, 11) is -1.96. The third kappa shape index (κ3) is 6.81. The molecular weight excluding hydrogens is 567 g/mol. The number of nitrogens with one attached hydrogen (secondary N) is 1. The van der Waals surface area contributed by atoms with Gasteiger partial charge < -0.3 is 10.2 Å². The minimum atomic E-state index is -3.60. The predicted octanol–water partition coefficient (Wildman–Crippen LogP) is 5.75. The van der Waals surface area contributed by atoms with Crippen molar-refractivity contribution in [1.29, 1.82) is 0 Å². The third-order valence-electron chi connectivity index (χ3n) is 7.87. The van der Waals surface area contributed by atoms with Gasteiger partial charge in [-0.15, -0.1) is 12.4 Å². The van der Waals surface area contributed by atoms with E-state index in [1.165, 1.54) is 4.31 Å². The van der Waals surface area contributed by atoms with Crippen molar-refractivity contribution < 1.29 is 13.2 Å². The molecular formula is C30H36Cl2N4O3S. The second-order valence-electron chi connectivity index (χ2n) is 10.4. The van der Waals surface area contributed by atoms with Gasteiger partial charge in [-0.05, 0) is 73.2 Å². The molecule has 1 unspecified atom stereocenters. The SMILES string of the molecule is CN(CC(CCN1CCC(N2C(=O)NCc3ccccc32)CC1)c1cccc(Cl)c1)S(=O)(=O)c1ccccc1.Cl. The van der Waals surface area contributed by atoms with Crippen molar-refractivity contribution in [2.24, 2.45) is 0 Å². The fourth-order valence-corrected chi connectivity index (χ4v) is 7.10. The van der Waals surface area contributed by atoms with E-state index in [4.69, 9.17) is 11.6 Å². The molecule has 1 atom stereocenters. The number of hydrogen-bond donors (Lipinski definition) is 1. The van der Waals surface area contributed by atoms with Crippen LogP contribution in [0.2, 0.25) is 5.02 Å². The highest BCUT2D eigenvalue weighted by molar-refractivity contribution is 7.89. The van der Waals surface area contributed by atoms with E-state index in [2.05, 4.69) is 16.3 Å². The minimum absolute atomic E-state index is 0. The van der Waals surface area contributed by atoms with Crippen LogP contribution in [-0.2, 0) is 16.6 Å². The summed E-state index contributed by atoms with van der Waals surface area (Å²) < 4.78 is 27.9. The standard InChI is InChI=1S/C30H35ClN4O3S.ClH/c1-33(39(37,38)28-11-3-2-4-12-28)22-25(23-9-7-10-26(31)20-23)14-17-34-18-15-27(16-19-34)35-29-13-6-5-8-24(29)21-32-30(35)36;/h2-13,20,25,27H,14-19,21-22H2,1H3,(H,32,36);1H. The number of halogens is 2. The van der Waals surface area contributed by atoms with Crippen LogP contribution in [0.3, 0.4) is 0 Å². The number of sulfonamides is 1. The van der Waals surface area contributed by atoms with E-state index in [-0.39, 0.29) is 30.4 Å². The second kappa shape index (κ2) is 13.4. The van der Waals surface area contributed by atoms with Crippen LogP contribution in [-0.4, -0.2) is 62.9 Å². The van der Waals surface area contributed by atoms with Gasteiger partial charge in [-0.1, -0.05) is 60.1 Å². The lowest BCUT2D eigenvalue weighted by Crippen LogP contribution is -2.53. The molecule has 7 nitrogen and oxygen atoms in total. The molecule has 2 amide bonds. The summed E-state index contributed by atoms with van der Waals surface area (Å²) in [5.74, 6) is -0.00957. The molecule has 2 aliphatic rings. The van der Waals surface area contributed by atoms with Crippen LogP contribution in [0.5, 0.6) is 0 Å². The first-order chi connectivity index (χ1) is 18.8. The topological polar surface area (TPSA) is 73.0 Å². The van der Waals surface area contributed by atoms with Crippen molar-refractivity contribution in [2.75, 3.05) is 38.1 Å². The molecule has 2 aliphatic heterocycles. The molecule has 0 aliphatic carbocycles. The van der Waals surface area contributed by atoms with Gasteiger partial charge in [-0.2, -0.15) is 0 Å². The molecule has 214 valence electrons. The molecule has 3 aromatic rings. The van der Waals surface area contributed by atoms with E-state index in [0.717, 1.165) is 55.7 Å². The van der Waals surface area contributed by atoms with Gasteiger partial charge in [0.25, 0.3) is 0 Å². The van der Waals surface area contributed by atoms with Gasteiger partial charge in [0.2, 0.25) is 10.0 Å². The van der Waals surface area contributed by atoms with Gasteiger partial charge in [-0.25, -0.2) is 17.5 Å². The second-order valence-corrected chi connectivity index (χ2v) is 12.9. The van der Waals surface area contributed by atoms with Crippen LogP contribution in [0.4, 0.5) is 10.5 Å². The van der Waals surface area contributed by atoms with Crippen molar-refractivity contribution >= 4 is 45.7 Å². The number of likely N-dealkylation sites (tertiary alicyclic amines) is 1. The molecule has 40 heavy (non-hydrogen) atoms. The van der Waals surface area contributed by atoms with Gasteiger partial charge in [-0.3, -0.25) is 4.90 Å². The fourth-order valence-electron chi connectivity index (χ4n) is 5.67. The van der Waals surface area contributed by atoms with Crippen LogP contribution >= 0.6 is 24.0 Å². The van der Waals surface area contributed by atoms with E-state index in [0.29, 0.717) is 23.0 Å². The van der Waals surface area contributed by atoms with Crippen molar-refractivity contribution in [3.05, 3.63) is 95.0 Å². The molecule has 2 heterocycles. The Labute approximate surface area is 248 Å². The van der Waals surface area contributed by atoms with Gasteiger partial charge in [0.05, 0.1) is 10.6 Å². The molecule has 0 spiro atoms. The van der Waals surface area contributed by atoms with E-state index < -0.39 is 10.0 Å². The number of para-hydroxylation sites is 1. The van der Waals surface area contributed by atoms with Gasteiger partial charge >= 0.3 is 6.03 Å². The zero-order valence-electron chi connectivity index (χ0n) is 22.6. The zero-order valence-corrected chi connectivity index (χ0v) is 25.0. The predicted molar refractivity (Wildman–Crippen MR) is 163 cm³/mol. The Kier molecular flexibility index (Phi) is 10.1. The van der Waals surface area contributed by atoms with Crippen molar-refractivity contribution in [2.45, 2.75) is 42.7 Å². The largest absolute Gasteiger partial charge is 0.334 e. The summed E-state index contributed by atoms with van der Waals surface area (Å²) in [5, 5.41) is 3.66. The highest BCUT2D eigenvalue weighted by atomic mass is 35.5. The summed E-state index contributed by atoms with van der Waals surface area (Å²) in [6.45, 7) is 3.54. The van der Waals surface area contributed by atoms with Crippen LogP contribution in [0, 0.1) is 0 Å². The van der Waals surface area contributed by atoms with Gasteiger partial charge in [0.15, 0.2) is 0 Å². The van der Waals surface area contributed by atoms with Gasteiger partial charge in [0.1, 0.15) is 0 Å². The molecule has 0 aromatic heterocycles. The van der Waals surface area contributed by atoms with Crippen LogP contribution in [0.25, 0.3) is 0 Å². The first-order valence-corrected chi connectivity index (χ1v) is 15.3. The number of rotatable bonds is 9. The number of benzene rings is 3. The molecule has 0 saturated carbocycles. The molecule has 3 aromatic carbocycles. The summed E-state index contributed by atoms with van der Waals surface area (Å²) in [6, 6.07) is 24.5. The fraction of sp³-hybridized carbons (Fsp3) is 0.367. The first-order valence-electron chi connectivity index (χ1n) is 13.5. The van der Waals surface area contributed by atoms with Crippen molar-refractivity contribution in [1.82, 2.24) is 14.5 Å². The number of carbonyl (C=O) groups is 1. The lowest BCUT2D eigenvalue weighted by Gasteiger charge is -2.41. The normalized spacial score (nSPS) is 17.2. The Morgan fingerprint density at radius 1 is 1.00 bits per heavy atom. The lowest BCUT2D eigenvalue weighted by atomic mass is 9.94. The van der Waals surface area contributed by atoms with Gasteiger partial charge in [0, 0.05) is 44.3 Å². The summed E-state index contributed by atoms with van der Waals surface area (Å²) in [5.41, 5.74) is 3.20. The minimum Gasteiger partial charge on any atom is -0.334 e. The maximum atomic E-state index is 13.2.